The molecule has 5 atom stereocenters. The molecular formula is C75H146O17P2. The second-order valence-electron chi connectivity index (χ2n) is 27.5. The van der Waals surface area contributed by atoms with Crippen molar-refractivity contribution in [3.05, 3.63) is 0 Å². The highest BCUT2D eigenvalue weighted by Gasteiger charge is 2.30. The summed E-state index contributed by atoms with van der Waals surface area (Å²) in [5.74, 6) is -1.30. The number of phosphoric ester groups is 2. The maximum Gasteiger partial charge on any atom is 0.472 e. The number of ether oxygens (including phenoxy) is 4. The first kappa shape index (κ1) is 92.1. The van der Waals surface area contributed by atoms with E-state index < -0.39 is 97.5 Å². The second-order valence-corrected chi connectivity index (χ2v) is 30.4. The molecule has 0 bridgehead atoms. The Bertz CT molecular complexity index is 1810. The van der Waals surface area contributed by atoms with Crippen LogP contribution in [0.1, 0.15) is 394 Å². The van der Waals surface area contributed by atoms with E-state index in [1.807, 2.05) is 0 Å². The molecule has 558 valence electrons. The van der Waals surface area contributed by atoms with E-state index in [9.17, 15) is 43.2 Å². The van der Waals surface area contributed by atoms with E-state index in [0.29, 0.717) is 25.7 Å². The highest BCUT2D eigenvalue weighted by molar-refractivity contribution is 7.47. The SMILES string of the molecule is CCCCCCCCCCCCCCCCCCCC(=O)OC[C@H](COP(=O)(O)OC[C@@H](O)COP(=O)(O)OC[C@@H](COC(=O)CCCCCCCCCC)OC(=O)CCCCCCCCCC)OC(=O)CCCCCCCCCCCCCCCCCCCCC(C)C. The monoisotopic (exact) mass is 1380 g/mol. The van der Waals surface area contributed by atoms with Crippen LogP contribution in [0, 0.1) is 5.92 Å². The maximum absolute atomic E-state index is 13.1. The number of carbonyl (C=O) groups is 4. The third-order valence-electron chi connectivity index (χ3n) is 17.5. The minimum Gasteiger partial charge on any atom is -0.462 e. The molecule has 0 saturated carbocycles. The van der Waals surface area contributed by atoms with Crippen LogP contribution in [0.3, 0.4) is 0 Å². The zero-order valence-corrected chi connectivity index (χ0v) is 62.9. The molecule has 0 aliphatic carbocycles. The van der Waals surface area contributed by atoms with Gasteiger partial charge in [-0.15, -0.1) is 0 Å². The minimum absolute atomic E-state index is 0.105. The average Bonchev–Trinajstić information content (AvgIpc) is 1.42. The first-order valence-electron chi connectivity index (χ1n) is 39.1. The van der Waals surface area contributed by atoms with Gasteiger partial charge in [0.1, 0.15) is 19.3 Å². The fraction of sp³-hybridized carbons (Fsp3) is 0.947. The highest BCUT2D eigenvalue weighted by Crippen LogP contribution is 2.45. The molecular weight excluding hydrogens is 1230 g/mol. The zero-order chi connectivity index (χ0) is 69.1. The van der Waals surface area contributed by atoms with Gasteiger partial charge in [0.2, 0.25) is 0 Å². The van der Waals surface area contributed by atoms with Crippen LogP contribution in [0.25, 0.3) is 0 Å². The minimum atomic E-state index is -4.95. The van der Waals surface area contributed by atoms with Crippen LogP contribution in [0.15, 0.2) is 0 Å². The molecule has 0 radical (unpaired) electrons. The number of hydrogen-bond acceptors (Lipinski definition) is 15. The van der Waals surface area contributed by atoms with Gasteiger partial charge in [0.15, 0.2) is 12.2 Å². The number of aliphatic hydroxyl groups is 1. The van der Waals surface area contributed by atoms with Gasteiger partial charge < -0.3 is 33.8 Å². The molecule has 94 heavy (non-hydrogen) atoms. The molecule has 0 spiro atoms. The molecule has 0 saturated heterocycles. The number of phosphoric acid groups is 2. The lowest BCUT2D eigenvalue weighted by molar-refractivity contribution is -0.161. The van der Waals surface area contributed by atoms with Gasteiger partial charge in [-0.3, -0.25) is 37.3 Å². The van der Waals surface area contributed by atoms with Gasteiger partial charge in [-0.25, -0.2) is 9.13 Å². The molecule has 0 aromatic rings. The summed E-state index contributed by atoms with van der Waals surface area (Å²) in [5.41, 5.74) is 0. The van der Waals surface area contributed by atoms with Crippen molar-refractivity contribution >= 4 is 39.5 Å². The lowest BCUT2D eigenvalue weighted by Crippen LogP contribution is -2.30. The lowest BCUT2D eigenvalue weighted by Gasteiger charge is -2.21. The summed E-state index contributed by atoms with van der Waals surface area (Å²) in [6, 6.07) is 0. The van der Waals surface area contributed by atoms with Crippen LogP contribution in [-0.4, -0.2) is 96.7 Å². The topological polar surface area (TPSA) is 237 Å². The van der Waals surface area contributed by atoms with Crippen LogP contribution < -0.4 is 0 Å². The fourth-order valence-corrected chi connectivity index (χ4v) is 13.1. The predicted molar refractivity (Wildman–Crippen MR) is 382 cm³/mol. The first-order chi connectivity index (χ1) is 45.5. The Morgan fingerprint density at radius 1 is 0.287 bits per heavy atom. The number of hydrogen-bond donors (Lipinski definition) is 3. The van der Waals surface area contributed by atoms with E-state index in [-0.39, 0.29) is 25.7 Å². The second kappa shape index (κ2) is 68.2. The third-order valence-corrected chi connectivity index (χ3v) is 19.4. The van der Waals surface area contributed by atoms with Crippen molar-refractivity contribution in [1.29, 1.82) is 0 Å². The van der Waals surface area contributed by atoms with Gasteiger partial charge in [0.25, 0.3) is 0 Å². The standard InChI is InChI=1S/C75H146O17P2/c1-6-9-12-15-18-21-22-23-24-27-31-34-37-40-45-49-54-59-73(78)86-65-71(92-75(80)61-56-51-46-41-38-35-32-29-26-25-28-30-33-36-39-42-47-52-57-68(4)5)67-90-94(83,84)88-63-69(76)62-87-93(81,82)89-66-70(91-74(79)60-55-50-44-20-17-14-11-8-3)64-85-72(77)58-53-48-43-19-16-13-10-7-2/h68-71,76H,6-67H2,1-5H3,(H,81,82)(H,83,84)/t69-,70+,71+/m0/s1. The molecule has 17 nitrogen and oxygen atoms in total. The van der Waals surface area contributed by atoms with Crippen molar-refractivity contribution in [3.8, 4) is 0 Å². The molecule has 0 aliphatic heterocycles. The molecule has 0 fully saturated rings. The quantitative estimate of drug-likeness (QED) is 0.0222. The summed E-state index contributed by atoms with van der Waals surface area (Å²) in [6.45, 7) is 7.26. The fourth-order valence-electron chi connectivity index (χ4n) is 11.5. The van der Waals surface area contributed by atoms with E-state index in [4.69, 9.17) is 37.0 Å². The van der Waals surface area contributed by atoms with Crippen molar-refractivity contribution in [1.82, 2.24) is 0 Å². The van der Waals surface area contributed by atoms with Crippen molar-refractivity contribution in [3.63, 3.8) is 0 Å². The lowest BCUT2D eigenvalue weighted by atomic mass is 10.0. The Kier molecular flexibility index (Phi) is 66.8. The van der Waals surface area contributed by atoms with Crippen molar-refractivity contribution in [2.75, 3.05) is 39.6 Å². The molecule has 0 amide bonds. The van der Waals surface area contributed by atoms with E-state index in [1.54, 1.807) is 0 Å². The van der Waals surface area contributed by atoms with Crippen molar-refractivity contribution in [2.45, 2.75) is 412 Å². The molecule has 0 heterocycles. The Balaban J connectivity index is 5.14. The number of unbranched alkanes of at least 4 members (excludes halogenated alkanes) is 47. The number of esters is 4. The van der Waals surface area contributed by atoms with Gasteiger partial charge in [-0.2, -0.15) is 0 Å². The molecule has 2 unspecified atom stereocenters. The van der Waals surface area contributed by atoms with Crippen molar-refractivity contribution < 1.29 is 80.2 Å². The predicted octanol–water partition coefficient (Wildman–Crippen LogP) is 22.1. The average molecular weight is 1380 g/mol. The Labute approximate surface area is 575 Å². The van der Waals surface area contributed by atoms with Crippen LogP contribution in [0.4, 0.5) is 0 Å². The normalized spacial score (nSPS) is 14.0. The molecule has 19 heteroatoms. The zero-order valence-electron chi connectivity index (χ0n) is 61.1. The van der Waals surface area contributed by atoms with Gasteiger partial charge in [0, 0.05) is 25.7 Å². The van der Waals surface area contributed by atoms with Crippen LogP contribution in [0.2, 0.25) is 0 Å². The third kappa shape index (κ3) is 68.6. The van der Waals surface area contributed by atoms with E-state index >= 15 is 0 Å². The number of rotatable bonds is 75. The summed E-state index contributed by atoms with van der Waals surface area (Å²) in [4.78, 5) is 72.5. The summed E-state index contributed by atoms with van der Waals surface area (Å²) >= 11 is 0. The summed E-state index contributed by atoms with van der Waals surface area (Å²) in [7, 11) is -9.90. The smallest absolute Gasteiger partial charge is 0.462 e. The van der Waals surface area contributed by atoms with Crippen molar-refractivity contribution in [2.24, 2.45) is 5.92 Å². The molecule has 0 aliphatic rings. The van der Waals surface area contributed by atoms with Gasteiger partial charge in [-0.1, -0.05) is 343 Å². The number of aliphatic hydroxyl groups excluding tert-OH is 1. The Morgan fingerprint density at radius 3 is 0.723 bits per heavy atom. The summed E-state index contributed by atoms with van der Waals surface area (Å²) in [5, 5.41) is 10.6. The van der Waals surface area contributed by atoms with E-state index in [2.05, 4.69) is 34.6 Å². The largest absolute Gasteiger partial charge is 0.472 e. The van der Waals surface area contributed by atoms with E-state index in [1.165, 1.54) is 205 Å². The maximum atomic E-state index is 13.1. The van der Waals surface area contributed by atoms with Crippen LogP contribution in [0.5, 0.6) is 0 Å². The Hall–Kier alpha value is -1.94. The van der Waals surface area contributed by atoms with Crippen LogP contribution in [-0.2, 0) is 65.4 Å². The Morgan fingerprint density at radius 2 is 0.489 bits per heavy atom. The van der Waals surface area contributed by atoms with Gasteiger partial charge in [0.05, 0.1) is 26.4 Å². The summed E-state index contributed by atoms with van der Waals surface area (Å²) < 4.78 is 68.3. The highest BCUT2D eigenvalue weighted by atomic mass is 31.2. The molecule has 0 aromatic heterocycles. The number of carbonyl (C=O) groups excluding carboxylic acids is 4. The molecule has 0 aromatic carbocycles. The van der Waals surface area contributed by atoms with Crippen LogP contribution >= 0.6 is 15.6 Å². The summed E-state index contributed by atoms with van der Waals surface area (Å²) in [6.07, 6.45) is 57.2. The van der Waals surface area contributed by atoms with Gasteiger partial charge in [-0.05, 0) is 31.6 Å². The first-order valence-corrected chi connectivity index (χ1v) is 42.1. The molecule has 3 N–H and O–H groups in total. The van der Waals surface area contributed by atoms with E-state index in [0.717, 1.165) is 109 Å². The molecule has 0 rings (SSSR count). The van der Waals surface area contributed by atoms with Gasteiger partial charge >= 0.3 is 39.5 Å².